The van der Waals surface area contributed by atoms with E-state index in [-0.39, 0.29) is 30.4 Å². The van der Waals surface area contributed by atoms with Crippen molar-refractivity contribution < 1.29 is 18.4 Å². The molecule has 0 aromatic carbocycles. The molecule has 3 aromatic heterocycles. The van der Waals surface area contributed by atoms with Crippen LogP contribution in [0.1, 0.15) is 81.1 Å². The van der Waals surface area contributed by atoms with Crippen molar-refractivity contribution >= 4 is 11.8 Å². The van der Waals surface area contributed by atoms with Crippen LogP contribution >= 0.6 is 0 Å². The van der Waals surface area contributed by atoms with Crippen molar-refractivity contribution in [2.45, 2.75) is 96.3 Å². The van der Waals surface area contributed by atoms with Gasteiger partial charge in [0.25, 0.3) is 5.91 Å². The lowest BCUT2D eigenvalue weighted by Gasteiger charge is -2.38. The van der Waals surface area contributed by atoms with Crippen LogP contribution in [-0.4, -0.2) is 49.0 Å². The summed E-state index contributed by atoms with van der Waals surface area (Å²) in [5.41, 5.74) is 0. The largest absolute Gasteiger partial charge is 0.464 e. The zero-order chi connectivity index (χ0) is 25.1. The van der Waals surface area contributed by atoms with Crippen molar-refractivity contribution in [2.75, 3.05) is 0 Å². The molecule has 10 heteroatoms. The van der Waals surface area contributed by atoms with Crippen LogP contribution in [0.4, 0.5) is 0 Å². The molecule has 36 heavy (non-hydrogen) atoms. The zero-order valence-electron chi connectivity index (χ0n) is 21.0. The topological polar surface area (TPSA) is 119 Å². The Hall–Kier alpha value is -3.43. The summed E-state index contributed by atoms with van der Waals surface area (Å²) in [5, 5.41) is 15.7. The fourth-order valence-electron chi connectivity index (χ4n) is 5.43. The van der Waals surface area contributed by atoms with Crippen LogP contribution in [0.3, 0.4) is 0 Å². The second-order valence-corrected chi connectivity index (χ2v) is 9.99. The monoisotopic (exact) mass is 494 g/mol. The Morgan fingerprint density at radius 1 is 1.00 bits per heavy atom. The van der Waals surface area contributed by atoms with Gasteiger partial charge in [0, 0.05) is 12.1 Å². The van der Waals surface area contributed by atoms with E-state index in [0.717, 1.165) is 63.5 Å². The lowest BCUT2D eigenvalue weighted by atomic mass is 9.92. The third kappa shape index (κ3) is 5.37. The molecular weight excluding hydrogens is 460 g/mol. The maximum absolute atomic E-state index is 13.9. The molecule has 0 aliphatic heterocycles. The summed E-state index contributed by atoms with van der Waals surface area (Å²) in [6.07, 6.45) is 9.01. The minimum atomic E-state index is -0.842. The van der Waals surface area contributed by atoms with Gasteiger partial charge in [-0.15, -0.1) is 10.2 Å². The summed E-state index contributed by atoms with van der Waals surface area (Å²) in [7, 11) is 0. The van der Waals surface area contributed by atoms with Crippen LogP contribution in [0.2, 0.25) is 0 Å². The summed E-state index contributed by atoms with van der Waals surface area (Å²) in [5.74, 6) is 2.32. The molecule has 0 spiro atoms. The van der Waals surface area contributed by atoms with Crippen LogP contribution in [0.5, 0.6) is 0 Å². The molecule has 3 heterocycles. The highest BCUT2D eigenvalue weighted by molar-refractivity contribution is 5.88. The van der Waals surface area contributed by atoms with E-state index in [0.29, 0.717) is 23.1 Å². The van der Waals surface area contributed by atoms with Crippen LogP contribution in [0.25, 0.3) is 11.6 Å². The predicted octanol–water partition coefficient (Wildman–Crippen LogP) is 4.10. The van der Waals surface area contributed by atoms with Gasteiger partial charge >= 0.3 is 0 Å². The molecule has 2 amide bonds. The standard InChI is InChI=1S/C26H34N6O4/c1-17-12-14-21(35-17)24(26(34)27-19-8-6-7-9-19)32(20-10-4-3-5-11-20)23(33)16-31-29-25(28-30-31)22-15-13-18(2)36-22/h12-15,19-20,24H,3-11,16H2,1-2H3,(H,27,34)/t24-/m0/s1. The van der Waals surface area contributed by atoms with Gasteiger partial charge < -0.3 is 19.1 Å². The van der Waals surface area contributed by atoms with E-state index in [9.17, 15) is 9.59 Å². The van der Waals surface area contributed by atoms with E-state index in [1.165, 1.54) is 4.80 Å². The van der Waals surface area contributed by atoms with E-state index in [1.807, 2.05) is 32.0 Å². The number of aromatic nitrogens is 4. The Kier molecular flexibility index (Phi) is 7.20. The van der Waals surface area contributed by atoms with Gasteiger partial charge in [0.1, 0.15) is 23.8 Å². The first kappa shape index (κ1) is 24.3. The highest BCUT2D eigenvalue weighted by Crippen LogP contribution is 2.33. The molecule has 2 saturated carbocycles. The van der Waals surface area contributed by atoms with Crippen LogP contribution in [0, 0.1) is 13.8 Å². The van der Waals surface area contributed by atoms with Crippen LogP contribution in [0.15, 0.2) is 33.1 Å². The summed E-state index contributed by atoms with van der Waals surface area (Å²) in [4.78, 5) is 30.6. The minimum Gasteiger partial charge on any atom is -0.464 e. The maximum atomic E-state index is 13.9. The van der Waals surface area contributed by atoms with Crippen molar-refractivity contribution in [3.05, 3.63) is 41.5 Å². The van der Waals surface area contributed by atoms with E-state index >= 15 is 0 Å². The summed E-state index contributed by atoms with van der Waals surface area (Å²) < 4.78 is 11.5. The second-order valence-electron chi connectivity index (χ2n) is 9.99. The van der Waals surface area contributed by atoms with Crippen LogP contribution in [-0.2, 0) is 16.1 Å². The van der Waals surface area contributed by atoms with Gasteiger partial charge in [0.15, 0.2) is 11.8 Å². The van der Waals surface area contributed by atoms with Gasteiger partial charge in [0.05, 0.1) is 0 Å². The summed E-state index contributed by atoms with van der Waals surface area (Å²) in [6.45, 7) is 3.56. The molecular formula is C26H34N6O4. The molecule has 0 unspecified atom stereocenters. The van der Waals surface area contributed by atoms with Crippen molar-refractivity contribution in [1.29, 1.82) is 0 Å². The number of rotatable bonds is 8. The average Bonchev–Trinajstić information content (AvgIpc) is 3.67. The Balaban J connectivity index is 1.43. The Labute approximate surface area is 210 Å². The van der Waals surface area contributed by atoms with Crippen molar-refractivity contribution in [1.82, 2.24) is 30.4 Å². The molecule has 1 N–H and O–H groups in total. The number of hydrogen-bond donors (Lipinski definition) is 1. The number of furan rings is 2. The van der Waals surface area contributed by atoms with Gasteiger partial charge in [-0.1, -0.05) is 32.1 Å². The first-order valence-corrected chi connectivity index (χ1v) is 13.0. The number of carbonyl (C=O) groups excluding carboxylic acids is 2. The predicted molar refractivity (Wildman–Crippen MR) is 131 cm³/mol. The van der Waals surface area contributed by atoms with Crippen LogP contribution < -0.4 is 5.32 Å². The molecule has 10 nitrogen and oxygen atoms in total. The van der Waals surface area contributed by atoms with Gasteiger partial charge in [-0.2, -0.15) is 4.80 Å². The Bertz CT molecular complexity index is 1180. The lowest BCUT2D eigenvalue weighted by molar-refractivity contribution is -0.146. The summed E-state index contributed by atoms with van der Waals surface area (Å²) in [6, 6.07) is 6.47. The smallest absolute Gasteiger partial charge is 0.250 e. The highest BCUT2D eigenvalue weighted by Gasteiger charge is 2.39. The van der Waals surface area contributed by atoms with Crippen molar-refractivity contribution in [3.8, 4) is 11.6 Å². The number of tetrazole rings is 1. The number of carbonyl (C=O) groups is 2. The molecule has 3 aromatic rings. The third-order valence-corrected chi connectivity index (χ3v) is 7.21. The van der Waals surface area contributed by atoms with E-state index < -0.39 is 6.04 Å². The first-order chi connectivity index (χ1) is 17.5. The number of nitrogens with zero attached hydrogens (tertiary/aromatic N) is 5. The molecule has 0 saturated heterocycles. The Morgan fingerprint density at radius 2 is 1.69 bits per heavy atom. The van der Waals surface area contributed by atoms with E-state index in [1.54, 1.807) is 11.0 Å². The lowest BCUT2D eigenvalue weighted by Crippen LogP contribution is -2.51. The maximum Gasteiger partial charge on any atom is 0.250 e. The quantitative estimate of drug-likeness (QED) is 0.500. The van der Waals surface area contributed by atoms with Gasteiger partial charge in [-0.25, -0.2) is 0 Å². The minimum absolute atomic E-state index is 0.0632. The molecule has 2 fully saturated rings. The number of hydrogen-bond acceptors (Lipinski definition) is 7. The molecule has 1 atom stereocenters. The van der Waals surface area contributed by atoms with Gasteiger partial charge in [0.2, 0.25) is 11.7 Å². The molecule has 0 bridgehead atoms. The SMILES string of the molecule is Cc1ccc(-c2nnn(CC(=O)N(C3CCCCC3)[C@H](C(=O)NC3CCCC3)c3ccc(C)o3)n2)o1. The van der Waals surface area contributed by atoms with Crippen molar-refractivity contribution in [3.63, 3.8) is 0 Å². The molecule has 2 aliphatic rings. The highest BCUT2D eigenvalue weighted by atomic mass is 16.3. The van der Waals surface area contributed by atoms with E-state index in [4.69, 9.17) is 8.83 Å². The molecule has 5 rings (SSSR count). The van der Waals surface area contributed by atoms with Crippen molar-refractivity contribution in [2.24, 2.45) is 0 Å². The first-order valence-electron chi connectivity index (χ1n) is 13.0. The average molecular weight is 495 g/mol. The Morgan fingerprint density at radius 3 is 2.36 bits per heavy atom. The summed E-state index contributed by atoms with van der Waals surface area (Å²) >= 11 is 0. The zero-order valence-corrected chi connectivity index (χ0v) is 21.0. The molecule has 0 radical (unpaired) electrons. The number of amides is 2. The number of nitrogens with one attached hydrogen (secondary N) is 1. The van der Waals surface area contributed by atoms with Gasteiger partial charge in [-0.05, 0) is 69.0 Å². The fraction of sp³-hybridized carbons (Fsp3) is 0.577. The molecule has 2 aliphatic carbocycles. The third-order valence-electron chi connectivity index (χ3n) is 7.21. The number of aryl methyl sites for hydroxylation is 2. The van der Waals surface area contributed by atoms with E-state index in [2.05, 4.69) is 20.7 Å². The fourth-order valence-corrected chi connectivity index (χ4v) is 5.43. The van der Waals surface area contributed by atoms with Gasteiger partial charge in [-0.3, -0.25) is 9.59 Å². The molecule has 192 valence electrons. The normalized spacial score (nSPS) is 17.8. The second kappa shape index (κ2) is 10.7.